The number of thiazole rings is 1. The van der Waals surface area contributed by atoms with Gasteiger partial charge in [0, 0.05) is 36.9 Å². The van der Waals surface area contributed by atoms with Gasteiger partial charge in [0.05, 0.1) is 5.69 Å². The zero-order valence-electron chi connectivity index (χ0n) is 12.3. The van der Waals surface area contributed by atoms with E-state index in [9.17, 15) is 14.0 Å². The molecule has 2 aromatic rings. The Morgan fingerprint density at radius 2 is 1.91 bits per heavy atom. The fraction of sp³-hybridized carbons (Fsp3) is 0.267. The van der Waals surface area contributed by atoms with E-state index in [0.717, 1.165) is 5.69 Å². The molecule has 0 unspecified atom stereocenters. The van der Waals surface area contributed by atoms with Crippen LogP contribution in [0.4, 0.5) is 9.52 Å². The number of carbonyl (C=O) groups is 2. The predicted octanol–water partition coefficient (Wildman–Crippen LogP) is 1.34. The Morgan fingerprint density at radius 1 is 1.17 bits per heavy atom. The molecule has 2 amide bonds. The summed E-state index contributed by atoms with van der Waals surface area (Å²) in [7, 11) is 0. The lowest BCUT2D eigenvalue weighted by Gasteiger charge is -2.06. The smallest absolute Gasteiger partial charge is 0.251 e. The summed E-state index contributed by atoms with van der Waals surface area (Å²) in [6, 6.07) is 5.22. The molecule has 0 spiro atoms. The quantitative estimate of drug-likeness (QED) is 0.711. The minimum Gasteiger partial charge on any atom is -0.375 e. The number of aromatic nitrogens is 1. The van der Waals surface area contributed by atoms with Gasteiger partial charge >= 0.3 is 0 Å². The Kier molecular flexibility index (Phi) is 6.04. The molecule has 0 aliphatic carbocycles. The van der Waals surface area contributed by atoms with Crippen molar-refractivity contribution in [1.29, 1.82) is 0 Å². The third-order valence-corrected chi connectivity index (χ3v) is 3.74. The van der Waals surface area contributed by atoms with Gasteiger partial charge < -0.3 is 16.4 Å². The molecule has 4 N–H and O–H groups in total. The molecule has 8 heteroatoms. The average molecular weight is 336 g/mol. The summed E-state index contributed by atoms with van der Waals surface area (Å²) in [5, 5.41) is 7.72. The average Bonchev–Trinajstić information content (AvgIpc) is 2.93. The summed E-state index contributed by atoms with van der Waals surface area (Å²) < 4.78 is 12.8. The maximum Gasteiger partial charge on any atom is 0.251 e. The summed E-state index contributed by atoms with van der Waals surface area (Å²) >= 11 is 1.36. The highest BCUT2D eigenvalue weighted by atomic mass is 32.1. The first-order valence-electron chi connectivity index (χ1n) is 7.05. The van der Waals surface area contributed by atoms with Crippen LogP contribution in [-0.2, 0) is 11.2 Å². The zero-order valence-corrected chi connectivity index (χ0v) is 13.2. The number of amides is 2. The van der Waals surface area contributed by atoms with Gasteiger partial charge in [-0.3, -0.25) is 9.59 Å². The Morgan fingerprint density at radius 3 is 2.57 bits per heavy atom. The number of carbonyl (C=O) groups excluding carboxylic acids is 2. The lowest BCUT2D eigenvalue weighted by molar-refractivity contribution is -0.120. The van der Waals surface area contributed by atoms with E-state index in [-0.39, 0.29) is 24.8 Å². The highest BCUT2D eigenvalue weighted by molar-refractivity contribution is 7.13. The van der Waals surface area contributed by atoms with Gasteiger partial charge in [0.2, 0.25) is 5.91 Å². The van der Waals surface area contributed by atoms with E-state index in [1.807, 2.05) is 5.38 Å². The fourth-order valence-corrected chi connectivity index (χ4v) is 2.45. The van der Waals surface area contributed by atoms with Crippen LogP contribution in [-0.4, -0.2) is 29.9 Å². The first-order chi connectivity index (χ1) is 11.0. The lowest BCUT2D eigenvalue weighted by Crippen LogP contribution is -2.31. The van der Waals surface area contributed by atoms with Gasteiger partial charge in [-0.1, -0.05) is 0 Å². The van der Waals surface area contributed by atoms with E-state index < -0.39 is 5.82 Å². The van der Waals surface area contributed by atoms with Gasteiger partial charge in [-0.25, -0.2) is 9.37 Å². The molecule has 23 heavy (non-hydrogen) atoms. The van der Waals surface area contributed by atoms with E-state index in [2.05, 4.69) is 15.6 Å². The van der Waals surface area contributed by atoms with Gasteiger partial charge in [0.15, 0.2) is 5.13 Å². The number of nitrogen functional groups attached to an aromatic ring is 1. The van der Waals surface area contributed by atoms with Crippen LogP contribution in [0.3, 0.4) is 0 Å². The summed E-state index contributed by atoms with van der Waals surface area (Å²) in [6.07, 6.45) is 0.785. The second-order valence-corrected chi connectivity index (χ2v) is 5.68. The second-order valence-electron chi connectivity index (χ2n) is 4.79. The minimum atomic E-state index is -0.400. The molecule has 0 saturated heterocycles. The van der Waals surface area contributed by atoms with Crippen molar-refractivity contribution in [2.45, 2.75) is 12.8 Å². The van der Waals surface area contributed by atoms with Crippen molar-refractivity contribution in [2.75, 3.05) is 18.8 Å². The number of halogens is 1. The van der Waals surface area contributed by atoms with Gasteiger partial charge in [-0.05, 0) is 24.3 Å². The van der Waals surface area contributed by atoms with Crippen LogP contribution in [0.25, 0.3) is 0 Å². The summed E-state index contributed by atoms with van der Waals surface area (Å²) in [4.78, 5) is 27.5. The maximum atomic E-state index is 12.8. The standard InChI is InChI=1S/C15H17FN4O2S/c16-11-3-1-10(2-4-11)14(22)19-8-6-13(21)18-7-5-12-9-23-15(17)20-12/h1-4,9H,5-8H2,(H2,17,20)(H,18,21)(H,19,22). The number of hydrogen-bond acceptors (Lipinski definition) is 5. The molecule has 1 aromatic heterocycles. The Hall–Kier alpha value is -2.48. The first kappa shape index (κ1) is 16.9. The van der Waals surface area contributed by atoms with Crippen LogP contribution in [0.1, 0.15) is 22.5 Å². The SMILES string of the molecule is Nc1nc(CCNC(=O)CCNC(=O)c2ccc(F)cc2)cs1. The topological polar surface area (TPSA) is 97.1 Å². The number of nitrogens with one attached hydrogen (secondary N) is 2. The molecule has 2 rings (SSSR count). The van der Waals surface area contributed by atoms with Crippen LogP contribution in [0.5, 0.6) is 0 Å². The highest BCUT2D eigenvalue weighted by Crippen LogP contribution is 2.10. The fourth-order valence-electron chi connectivity index (χ4n) is 1.85. The predicted molar refractivity (Wildman–Crippen MR) is 86.6 cm³/mol. The zero-order chi connectivity index (χ0) is 16.7. The third-order valence-electron chi connectivity index (χ3n) is 3.02. The molecule has 6 nitrogen and oxygen atoms in total. The number of nitrogens with zero attached hydrogens (tertiary/aromatic N) is 1. The van der Waals surface area contributed by atoms with Crippen LogP contribution in [0.2, 0.25) is 0 Å². The van der Waals surface area contributed by atoms with Crippen molar-refractivity contribution in [3.05, 3.63) is 46.7 Å². The molecule has 0 atom stereocenters. The molecule has 0 aliphatic heterocycles. The number of benzene rings is 1. The van der Waals surface area contributed by atoms with Crippen molar-refractivity contribution >= 4 is 28.3 Å². The minimum absolute atomic E-state index is 0.160. The van der Waals surface area contributed by atoms with Gasteiger partial charge in [-0.2, -0.15) is 0 Å². The first-order valence-corrected chi connectivity index (χ1v) is 7.93. The molecule has 0 fully saturated rings. The maximum absolute atomic E-state index is 12.8. The summed E-state index contributed by atoms with van der Waals surface area (Å²) in [6.45, 7) is 0.680. The largest absolute Gasteiger partial charge is 0.375 e. The second kappa shape index (κ2) is 8.23. The van der Waals surface area contributed by atoms with Crippen LogP contribution >= 0.6 is 11.3 Å². The molecule has 1 heterocycles. The van der Waals surface area contributed by atoms with E-state index >= 15 is 0 Å². The van der Waals surface area contributed by atoms with Crippen LogP contribution in [0.15, 0.2) is 29.6 Å². The van der Waals surface area contributed by atoms with Crippen molar-refractivity contribution in [3.8, 4) is 0 Å². The number of hydrogen-bond donors (Lipinski definition) is 3. The van der Waals surface area contributed by atoms with Gasteiger partial charge in [0.25, 0.3) is 5.91 Å². The monoisotopic (exact) mass is 336 g/mol. The summed E-state index contributed by atoms with van der Waals surface area (Å²) in [5.41, 5.74) is 6.72. The van der Waals surface area contributed by atoms with E-state index in [4.69, 9.17) is 5.73 Å². The third kappa shape index (κ3) is 5.67. The Balaban J connectivity index is 1.62. The van der Waals surface area contributed by atoms with Crippen molar-refractivity contribution in [1.82, 2.24) is 15.6 Å². The lowest BCUT2D eigenvalue weighted by atomic mass is 10.2. The van der Waals surface area contributed by atoms with E-state index in [1.165, 1.54) is 35.6 Å². The number of anilines is 1. The molecule has 1 aromatic carbocycles. The van der Waals surface area contributed by atoms with Crippen LogP contribution < -0.4 is 16.4 Å². The van der Waals surface area contributed by atoms with Gasteiger partial charge in [0.1, 0.15) is 5.82 Å². The molecule has 122 valence electrons. The van der Waals surface area contributed by atoms with Crippen molar-refractivity contribution in [2.24, 2.45) is 0 Å². The van der Waals surface area contributed by atoms with Crippen LogP contribution in [0, 0.1) is 5.82 Å². The van der Waals surface area contributed by atoms with E-state index in [0.29, 0.717) is 23.7 Å². The Labute approximate surface area is 136 Å². The molecule has 0 aliphatic rings. The Bertz CT molecular complexity index is 672. The molecular weight excluding hydrogens is 319 g/mol. The summed E-state index contributed by atoms with van der Waals surface area (Å²) in [5.74, 6) is -0.897. The normalized spacial score (nSPS) is 10.3. The number of nitrogens with two attached hydrogens (primary N) is 1. The van der Waals surface area contributed by atoms with E-state index in [1.54, 1.807) is 0 Å². The molecular formula is C15H17FN4O2S. The number of rotatable bonds is 7. The molecule has 0 bridgehead atoms. The molecule has 0 saturated carbocycles. The van der Waals surface area contributed by atoms with Crippen molar-refractivity contribution in [3.63, 3.8) is 0 Å². The van der Waals surface area contributed by atoms with Crippen molar-refractivity contribution < 1.29 is 14.0 Å². The highest BCUT2D eigenvalue weighted by Gasteiger charge is 2.07. The molecule has 0 radical (unpaired) electrons. The van der Waals surface area contributed by atoms with Gasteiger partial charge in [-0.15, -0.1) is 11.3 Å².